The monoisotopic (exact) mass is 616 g/mol. The molecule has 3 fully saturated rings. The molecular formula is C28H29N6NaO7S. The number of urea groups is 1. The van der Waals surface area contributed by atoms with Crippen LogP contribution in [-0.2, 0) is 24.0 Å². The zero-order chi connectivity index (χ0) is 30.2. The van der Waals surface area contributed by atoms with Gasteiger partial charge in [-0.3, -0.25) is 24.1 Å². The van der Waals surface area contributed by atoms with Crippen molar-refractivity contribution in [1.82, 2.24) is 25.4 Å². The molecule has 0 saturated carbocycles. The topological polar surface area (TPSA) is 169 Å². The van der Waals surface area contributed by atoms with E-state index in [1.807, 2.05) is 6.07 Å². The van der Waals surface area contributed by atoms with Gasteiger partial charge < -0.3 is 20.6 Å². The minimum atomic E-state index is -1.31. The SMILES string of the molecule is CC1(C)SC2[C@@H](NC(=O)C(NC(=O)N3CCN(/N=C/c4ccccc4)C(=O)C3=O)c3ccccc3)C(=O)N2C1C(=O)O.[NaH]. The summed E-state index contributed by atoms with van der Waals surface area (Å²) in [7, 11) is 0. The van der Waals surface area contributed by atoms with Gasteiger partial charge in [0, 0.05) is 4.75 Å². The number of benzene rings is 2. The summed E-state index contributed by atoms with van der Waals surface area (Å²) in [6.45, 7) is 3.24. The Balaban J connectivity index is 0.00000423. The number of nitrogens with zero attached hydrogens (tertiary/aromatic N) is 4. The van der Waals surface area contributed by atoms with E-state index in [1.165, 1.54) is 22.9 Å². The summed E-state index contributed by atoms with van der Waals surface area (Å²) in [4.78, 5) is 78.9. The predicted octanol–water partition coefficient (Wildman–Crippen LogP) is 0.125. The number of thioether (sulfide) groups is 1. The summed E-state index contributed by atoms with van der Waals surface area (Å²) in [6, 6.07) is 12.9. The van der Waals surface area contributed by atoms with Crippen LogP contribution in [0.25, 0.3) is 0 Å². The third kappa shape index (κ3) is 6.32. The number of β-lactam (4-membered cyclic amide) rings is 1. The Hall–Kier alpha value is -3.72. The number of hydrogen-bond donors (Lipinski definition) is 3. The van der Waals surface area contributed by atoms with Gasteiger partial charge >= 0.3 is 53.4 Å². The van der Waals surface area contributed by atoms with E-state index in [-0.39, 0.29) is 42.6 Å². The van der Waals surface area contributed by atoms with Gasteiger partial charge in [0.1, 0.15) is 23.5 Å². The van der Waals surface area contributed by atoms with Crippen LogP contribution in [0.5, 0.6) is 0 Å². The van der Waals surface area contributed by atoms with E-state index in [1.54, 1.807) is 68.4 Å². The number of nitrogens with one attached hydrogen (secondary N) is 2. The van der Waals surface area contributed by atoms with Gasteiger partial charge in [0.15, 0.2) is 0 Å². The molecule has 3 unspecified atom stereocenters. The van der Waals surface area contributed by atoms with Crippen molar-refractivity contribution in [1.29, 1.82) is 0 Å². The molecule has 2 aromatic rings. The second-order valence-corrected chi connectivity index (χ2v) is 12.2. The van der Waals surface area contributed by atoms with E-state index >= 15 is 0 Å². The van der Waals surface area contributed by atoms with Gasteiger partial charge in [0.25, 0.3) is 0 Å². The molecule has 3 aliphatic heterocycles. The molecule has 220 valence electrons. The average Bonchev–Trinajstić information content (AvgIpc) is 3.23. The van der Waals surface area contributed by atoms with Crippen molar-refractivity contribution >= 4 is 83.2 Å². The number of carbonyl (C=O) groups excluding carboxylic acids is 5. The van der Waals surface area contributed by atoms with Crippen LogP contribution < -0.4 is 10.6 Å². The van der Waals surface area contributed by atoms with Crippen LogP contribution in [-0.4, -0.2) is 127 Å². The fourth-order valence-electron chi connectivity index (χ4n) is 5.13. The zero-order valence-corrected chi connectivity index (χ0v) is 23.5. The number of fused-ring (bicyclic) bond motifs is 1. The van der Waals surface area contributed by atoms with Crippen molar-refractivity contribution in [3.8, 4) is 0 Å². The Bertz CT molecular complexity index is 1470. The van der Waals surface area contributed by atoms with Gasteiger partial charge in [-0.05, 0) is 25.0 Å². The summed E-state index contributed by atoms with van der Waals surface area (Å²) in [5.74, 6) is -4.50. The van der Waals surface area contributed by atoms with Gasteiger partial charge in [-0.25, -0.2) is 14.6 Å². The Morgan fingerprint density at radius 2 is 1.63 bits per heavy atom. The second-order valence-electron chi connectivity index (χ2n) is 10.4. The fraction of sp³-hybridized carbons (Fsp3) is 0.321. The van der Waals surface area contributed by atoms with Crippen molar-refractivity contribution in [2.45, 2.75) is 42.1 Å². The van der Waals surface area contributed by atoms with Gasteiger partial charge in [0.2, 0.25) is 11.8 Å². The van der Waals surface area contributed by atoms with Crippen LogP contribution in [0.3, 0.4) is 0 Å². The van der Waals surface area contributed by atoms with Crippen molar-refractivity contribution in [2.24, 2.45) is 5.10 Å². The van der Waals surface area contributed by atoms with Crippen LogP contribution in [0, 0.1) is 0 Å². The maximum atomic E-state index is 13.5. The molecule has 3 heterocycles. The predicted molar refractivity (Wildman–Crippen MR) is 158 cm³/mol. The van der Waals surface area contributed by atoms with Gasteiger partial charge in [-0.15, -0.1) is 11.8 Å². The molecule has 15 heteroatoms. The van der Waals surface area contributed by atoms with E-state index in [0.717, 1.165) is 10.6 Å². The van der Waals surface area contributed by atoms with Crippen LogP contribution in [0.4, 0.5) is 4.79 Å². The Morgan fingerprint density at radius 3 is 2.26 bits per heavy atom. The van der Waals surface area contributed by atoms with Crippen LogP contribution in [0.1, 0.15) is 31.0 Å². The van der Waals surface area contributed by atoms with E-state index in [4.69, 9.17) is 0 Å². The van der Waals surface area contributed by atoms with E-state index in [2.05, 4.69) is 15.7 Å². The molecule has 0 aromatic heterocycles. The first kappa shape index (κ1) is 32.2. The number of amides is 6. The van der Waals surface area contributed by atoms with Crippen molar-refractivity contribution in [3.63, 3.8) is 0 Å². The fourth-order valence-corrected chi connectivity index (χ4v) is 6.76. The molecule has 2 aromatic carbocycles. The van der Waals surface area contributed by atoms with Crippen molar-refractivity contribution in [3.05, 3.63) is 71.8 Å². The number of aliphatic carboxylic acids is 1. The summed E-state index contributed by atoms with van der Waals surface area (Å²) in [5, 5.41) is 19.3. The number of carboxylic acid groups (broad SMARTS) is 1. The average molecular weight is 617 g/mol. The van der Waals surface area contributed by atoms with Crippen molar-refractivity contribution < 1.29 is 33.9 Å². The first-order chi connectivity index (χ1) is 20.0. The summed E-state index contributed by atoms with van der Waals surface area (Å²) in [6.07, 6.45) is 1.43. The molecule has 43 heavy (non-hydrogen) atoms. The second kappa shape index (κ2) is 12.9. The van der Waals surface area contributed by atoms with Crippen molar-refractivity contribution in [2.75, 3.05) is 13.1 Å². The summed E-state index contributed by atoms with van der Waals surface area (Å²) < 4.78 is -0.779. The molecule has 3 saturated heterocycles. The Kier molecular flexibility index (Phi) is 9.64. The maximum absolute atomic E-state index is 13.5. The molecule has 13 nitrogen and oxygen atoms in total. The molecular weight excluding hydrogens is 587 g/mol. The summed E-state index contributed by atoms with van der Waals surface area (Å²) in [5.41, 5.74) is 1.10. The standard InChI is InChI=1S/C28H28N6O7S.Na.H/c1-28(2)20(26(39)40)34-22(36)19(25(34)42-28)30-21(35)18(17-11-7-4-8-12-17)31-27(41)32-13-14-33(24(38)23(32)37)29-15-16-9-5-3-6-10-16;;/h3-12,15,18-20,25H,13-14H2,1-2H3,(H,30,35)(H,31,41)(H,39,40);;/b29-15+;;/t18?,19-,20?,25?;;/m0../s1. The molecule has 3 N–H and O–H groups in total. The number of hydrogen-bond acceptors (Lipinski definition) is 8. The third-order valence-corrected chi connectivity index (χ3v) is 8.80. The van der Waals surface area contributed by atoms with Gasteiger partial charge in [-0.2, -0.15) is 5.10 Å². The number of imide groups is 1. The molecule has 5 rings (SSSR count). The van der Waals surface area contributed by atoms with Gasteiger partial charge in [-0.1, -0.05) is 60.7 Å². The molecule has 6 amide bonds. The van der Waals surface area contributed by atoms with E-state index in [0.29, 0.717) is 10.5 Å². The number of rotatable bonds is 7. The van der Waals surface area contributed by atoms with Crippen LogP contribution in [0.15, 0.2) is 65.8 Å². The zero-order valence-electron chi connectivity index (χ0n) is 22.7. The number of hydrazone groups is 1. The Labute approximate surface area is 273 Å². The molecule has 0 aliphatic carbocycles. The van der Waals surface area contributed by atoms with E-state index < -0.39 is 63.9 Å². The number of carboxylic acids is 1. The third-order valence-electron chi connectivity index (χ3n) is 7.22. The van der Waals surface area contributed by atoms with Crippen LogP contribution >= 0.6 is 11.8 Å². The first-order valence-corrected chi connectivity index (χ1v) is 14.0. The molecule has 3 aliphatic rings. The molecule has 4 atom stereocenters. The normalized spacial score (nSPS) is 23.3. The Morgan fingerprint density at radius 1 is 1.00 bits per heavy atom. The van der Waals surface area contributed by atoms with Gasteiger partial charge in [0.05, 0.1) is 19.3 Å². The minimum absolute atomic E-state index is 0. The molecule has 0 bridgehead atoms. The quantitative estimate of drug-likeness (QED) is 0.171. The van der Waals surface area contributed by atoms with E-state index in [9.17, 15) is 33.9 Å². The summed E-state index contributed by atoms with van der Waals surface area (Å²) >= 11 is 1.27. The molecule has 0 spiro atoms. The van der Waals surface area contributed by atoms with Crippen LogP contribution in [0.2, 0.25) is 0 Å². The first-order valence-electron chi connectivity index (χ1n) is 13.1. The molecule has 0 radical (unpaired) electrons. The number of piperazine rings is 1. The number of carbonyl (C=O) groups is 6.